The van der Waals surface area contributed by atoms with Crippen LogP contribution in [0.5, 0.6) is 0 Å². The van der Waals surface area contributed by atoms with Crippen molar-refractivity contribution < 1.29 is 18.3 Å². The Kier molecular flexibility index (Phi) is 8.32. The van der Waals surface area contributed by atoms with Crippen molar-refractivity contribution in [3.8, 4) is 0 Å². The smallest absolute Gasteiger partial charge is 0.232 e. The lowest BCUT2D eigenvalue weighted by molar-refractivity contribution is -0.118. The normalized spacial score (nSPS) is 14.7. The number of sulfone groups is 1. The first-order valence-corrected chi connectivity index (χ1v) is 13.4. The summed E-state index contributed by atoms with van der Waals surface area (Å²) in [6.45, 7) is 0.0328. The maximum Gasteiger partial charge on any atom is 0.232 e. The van der Waals surface area contributed by atoms with Crippen LogP contribution in [0, 0.1) is 5.92 Å². The minimum atomic E-state index is -3.48. The molecule has 7 nitrogen and oxygen atoms in total. The zero-order valence-corrected chi connectivity index (χ0v) is 19.7. The molecule has 0 atom stereocenters. The Hall–Kier alpha value is -1.68. The van der Waals surface area contributed by atoms with Crippen molar-refractivity contribution in [3.63, 3.8) is 0 Å². The van der Waals surface area contributed by atoms with E-state index in [1.54, 1.807) is 12.3 Å². The number of aliphatic hydroxyl groups is 1. The van der Waals surface area contributed by atoms with Gasteiger partial charge in [-0.2, -0.15) is 0 Å². The molecule has 1 aromatic carbocycles. The largest absolute Gasteiger partial charge is 0.396 e. The van der Waals surface area contributed by atoms with Crippen LogP contribution in [0.2, 0.25) is 5.02 Å². The van der Waals surface area contributed by atoms with E-state index in [0.717, 1.165) is 25.5 Å². The highest BCUT2D eigenvalue weighted by molar-refractivity contribution is 7.99. The second kappa shape index (κ2) is 10.8. The van der Waals surface area contributed by atoms with Gasteiger partial charge in [0.25, 0.3) is 0 Å². The van der Waals surface area contributed by atoms with Crippen molar-refractivity contribution in [2.45, 2.75) is 48.4 Å². The Bertz CT molecular complexity index is 1010. The van der Waals surface area contributed by atoms with Crippen LogP contribution < -0.4 is 4.90 Å². The predicted molar refractivity (Wildman–Crippen MR) is 123 cm³/mol. The first-order chi connectivity index (χ1) is 14.8. The fraction of sp³-hybridized carbons (Fsp3) is 0.476. The van der Waals surface area contributed by atoms with Crippen molar-refractivity contribution in [1.82, 2.24) is 9.97 Å². The SMILES string of the molecule is CS(=O)(=O)c1ccc(N(C(=O)CCC2CCCC2)c2cnc(SCCO)cn2)cc1Cl. The number of halogens is 1. The van der Waals surface area contributed by atoms with Crippen LogP contribution in [0.15, 0.2) is 40.5 Å². The summed E-state index contributed by atoms with van der Waals surface area (Å²) in [5.41, 5.74) is 0.443. The summed E-state index contributed by atoms with van der Waals surface area (Å²) >= 11 is 7.60. The molecule has 0 radical (unpaired) electrons. The zero-order chi connectivity index (χ0) is 22.4. The molecule has 0 unspecified atom stereocenters. The molecule has 1 fully saturated rings. The zero-order valence-electron chi connectivity index (χ0n) is 17.3. The monoisotopic (exact) mass is 483 g/mol. The van der Waals surface area contributed by atoms with E-state index >= 15 is 0 Å². The molecule has 0 aliphatic heterocycles. The van der Waals surface area contributed by atoms with Gasteiger partial charge in [0.1, 0.15) is 5.03 Å². The maximum absolute atomic E-state index is 13.2. The second-order valence-corrected chi connectivity index (χ2v) is 11.1. The van der Waals surface area contributed by atoms with Gasteiger partial charge in [0.15, 0.2) is 15.7 Å². The molecule has 1 heterocycles. The quantitative estimate of drug-likeness (QED) is 0.532. The van der Waals surface area contributed by atoms with E-state index in [1.165, 1.54) is 47.8 Å². The third-order valence-electron chi connectivity index (χ3n) is 5.25. The van der Waals surface area contributed by atoms with Gasteiger partial charge in [0.2, 0.25) is 5.91 Å². The number of hydrogen-bond acceptors (Lipinski definition) is 7. The summed E-state index contributed by atoms with van der Waals surface area (Å²) in [6, 6.07) is 4.44. The van der Waals surface area contributed by atoms with Gasteiger partial charge >= 0.3 is 0 Å². The van der Waals surface area contributed by atoms with Gasteiger partial charge < -0.3 is 5.11 Å². The first kappa shape index (κ1) is 24.0. The van der Waals surface area contributed by atoms with Crippen LogP contribution >= 0.6 is 23.4 Å². The highest BCUT2D eigenvalue weighted by Crippen LogP contribution is 2.33. The summed E-state index contributed by atoms with van der Waals surface area (Å²) < 4.78 is 23.8. The van der Waals surface area contributed by atoms with Gasteiger partial charge in [-0.3, -0.25) is 9.69 Å². The van der Waals surface area contributed by atoms with E-state index in [9.17, 15) is 13.2 Å². The Morgan fingerprint density at radius 3 is 2.58 bits per heavy atom. The molecular formula is C21H26ClN3O4S2. The van der Waals surface area contributed by atoms with Crippen molar-refractivity contribution in [2.24, 2.45) is 5.92 Å². The molecule has 1 saturated carbocycles. The Labute approximate surface area is 192 Å². The average Bonchev–Trinajstić information content (AvgIpc) is 3.25. The number of carbonyl (C=O) groups is 1. The predicted octanol–water partition coefficient (Wildman–Crippen LogP) is 4.25. The molecule has 1 N–H and O–H groups in total. The van der Waals surface area contributed by atoms with Crippen molar-refractivity contribution >= 4 is 50.6 Å². The second-order valence-electron chi connectivity index (χ2n) is 7.59. The molecule has 2 aromatic rings. The van der Waals surface area contributed by atoms with Gasteiger partial charge in [0.05, 0.1) is 34.6 Å². The molecule has 0 bridgehead atoms. The fourth-order valence-electron chi connectivity index (χ4n) is 3.72. The molecule has 1 aliphatic carbocycles. The van der Waals surface area contributed by atoms with E-state index < -0.39 is 9.84 Å². The van der Waals surface area contributed by atoms with E-state index in [1.807, 2.05) is 0 Å². The third-order valence-corrected chi connectivity index (χ3v) is 7.72. The van der Waals surface area contributed by atoms with Gasteiger partial charge in [-0.25, -0.2) is 18.4 Å². The Morgan fingerprint density at radius 1 is 1.26 bits per heavy atom. The molecule has 168 valence electrons. The van der Waals surface area contributed by atoms with Crippen LogP contribution in [0.4, 0.5) is 11.5 Å². The van der Waals surface area contributed by atoms with Crippen LogP contribution in [0.1, 0.15) is 38.5 Å². The first-order valence-electron chi connectivity index (χ1n) is 10.2. The van der Waals surface area contributed by atoms with Crippen molar-refractivity contribution in [1.29, 1.82) is 0 Å². The molecule has 0 saturated heterocycles. The molecule has 0 spiro atoms. The summed E-state index contributed by atoms with van der Waals surface area (Å²) in [7, 11) is -3.48. The molecule has 1 aliphatic rings. The maximum atomic E-state index is 13.2. The van der Waals surface area contributed by atoms with E-state index in [4.69, 9.17) is 16.7 Å². The van der Waals surface area contributed by atoms with Gasteiger partial charge in [-0.05, 0) is 30.5 Å². The average molecular weight is 484 g/mol. The molecule has 10 heteroatoms. The summed E-state index contributed by atoms with van der Waals surface area (Å²) in [5.74, 6) is 1.26. The molecule has 3 rings (SSSR count). The number of hydrogen-bond donors (Lipinski definition) is 1. The Balaban J connectivity index is 1.90. The number of carbonyl (C=O) groups excluding carboxylic acids is 1. The van der Waals surface area contributed by atoms with Crippen LogP contribution in [-0.4, -0.2) is 48.0 Å². The summed E-state index contributed by atoms with van der Waals surface area (Å²) in [6.07, 6.45) is 10.0. The van der Waals surface area contributed by atoms with Crippen LogP contribution in [0.3, 0.4) is 0 Å². The van der Waals surface area contributed by atoms with E-state index in [2.05, 4.69) is 9.97 Å². The van der Waals surface area contributed by atoms with Gasteiger partial charge in [-0.1, -0.05) is 37.3 Å². The van der Waals surface area contributed by atoms with E-state index in [0.29, 0.717) is 34.6 Å². The molecule has 31 heavy (non-hydrogen) atoms. The highest BCUT2D eigenvalue weighted by atomic mass is 35.5. The van der Waals surface area contributed by atoms with Crippen molar-refractivity contribution in [2.75, 3.05) is 23.5 Å². The molecular weight excluding hydrogens is 458 g/mol. The van der Waals surface area contributed by atoms with Gasteiger partial charge in [0, 0.05) is 18.4 Å². The van der Waals surface area contributed by atoms with Crippen LogP contribution in [-0.2, 0) is 14.6 Å². The standard InChI is InChI=1S/C21H26ClN3O4S2/c1-31(28,29)18-8-7-16(12-17(18)22)25(21(27)9-6-15-4-2-3-5-15)19-13-24-20(14-23-19)30-11-10-26/h7-8,12-15,26H,2-6,9-11H2,1H3. The third kappa shape index (κ3) is 6.41. The number of thioether (sulfide) groups is 1. The fourth-order valence-corrected chi connectivity index (χ4v) is 5.60. The van der Waals surface area contributed by atoms with Crippen molar-refractivity contribution in [3.05, 3.63) is 35.6 Å². The highest BCUT2D eigenvalue weighted by Gasteiger charge is 2.24. The number of benzene rings is 1. The van der Waals surface area contributed by atoms with Gasteiger partial charge in [-0.15, -0.1) is 11.8 Å². The Morgan fingerprint density at radius 2 is 2.00 bits per heavy atom. The number of amides is 1. The number of aliphatic hydroxyl groups excluding tert-OH is 1. The molecule has 1 amide bonds. The topological polar surface area (TPSA) is 100 Å². The summed E-state index contributed by atoms with van der Waals surface area (Å²) in [4.78, 5) is 23.4. The molecule has 1 aromatic heterocycles. The minimum absolute atomic E-state index is 0.0121. The number of nitrogens with zero attached hydrogens (tertiary/aromatic N) is 3. The number of aromatic nitrogens is 2. The summed E-state index contributed by atoms with van der Waals surface area (Å²) in [5, 5.41) is 9.66. The minimum Gasteiger partial charge on any atom is -0.396 e. The lowest BCUT2D eigenvalue weighted by atomic mass is 10.0. The number of rotatable bonds is 9. The van der Waals surface area contributed by atoms with E-state index in [-0.39, 0.29) is 22.4 Å². The lowest BCUT2D eigenvalue weighted by Gasteiger charge is -2.23. The lowest BCUT2D eigenvalue weighted by Crippen LogP contribution is -2.27. The van der Waals surface area contributed by atoms with Crippen LogP contribution in [0.25, 0.3) is 0 Å². The number of anilines is 2.